The number of hydrogen-bond acceptors (Lipinski definition) is 5. The van der Waals surface area contributed by atoms with Crippen LogP contribution in [0.25, 0.3) is 10.4 Å². The number of benzene rings is 1. The van der Waals surface area contributed by atoms with Crippen molar-refractivity contribution < 1.29 is 22.7 Å². The topological polar surface area (TPSA) is 54.5 Å². The summed E-state index contributed by atoms with van der Waals surface area (Å²) in [6, 6.07) is 4.97. The van der Waals surface area contributed by atoms with E-state index in [1.54, 1.807) is 6.07 Å². The number of thiazole rings is 1. The van der Waals surface area contributed by atoms with Gasteiger partial charge in [0.05, 0.1) is 16.0 Å². The molecule has 0 unspecified atom stereocenters. The zero-order chi connectivity index (χ0) is 19.0. The smallest absolute Gasteiger partial charge is 0.416 e. The van der Waals surface area contributed by atoms with Crippen molar-refractivity contribution in [1.82, 2.24) is 9.88 Å². The van der Waals surface area contributed by atoms with E-state index < -0.39 is 17.8 Å². The lowest BCUT2D eigenvalue weighted by Crippen LogP contribution is -2.52. The Kier molecular flexibility index (Phi) is 4.81. The Morgan fingerprint density at radius 1 is 1.30 bits per heavy atom. The van der Waals surface area contributed by atoms with E-state index in [2.05, 4.69) is 15.2 Å². The van der Waals surface area contributed by atoms with Gasteiger partial charge in [-0.3, -0.25) is 10.2 Å². The molecule has 1 aromatic carbocycles. The number of piperidine rings is 3. The monoisotopic (exact) mass is 397 g/mol. The van der Waals surface area contributed by atoms with Crippen molar-refractivity contribution in [3.8, 4) is 10.4 Å². The molecule has 0 saturated carbocycles. The molecule has 3 saturated heterocycles. The summed E-state index contributed by atoms with van der Waals surface area (Å²) in [5, 5.41) is 2.59. The Labute approximate surface area is 158 Å². The van der Waals surface area contributed by atoms with Crippen molar-refractivity contribution in [3.63, 3.8) is 0 Å². The molecule has 0 radical (unpaired) electrons. The van der Waals surface area contributed by atoms with E-state index in [-0.39, 0.29) is 11.9 Å². The average molecular weight is 397 g/mol. The normalized spacial score (nSPS) is 24.6. The second kappa shape index (κ2) is 7.12. The molecule has 4 heterocycles. The van der Waals surface area contributed by atoms with E-state index in [9.17, 15) is 18.0 Å². The summed E-state index contributed by atoms with van der Waals surface area (Å²) in [5.41, 5.74) is 1.10. The van der Waals surface area contributed by atoms with Gasteiger partial charge in [-0.1, -0.05) is 12.1 Å². The van der Waals surface area contributed by atoms with E-state index in [0.717, 1.165) is 44.6 Å². The van der Waals surface area contributed by atoms with E-state index in [1.165, 1.54) is 22.9 Å². The fraction of sp³-hybridized carbons (Fsp3) is 0.444. The zero-order valence-electron chi connectivity index (χ0n) is 14.3. The molecule has 3 fully saturated rings. The lowest BCUT2D eigenvalue weighted by molar-refractivity contribution is -0.137. The zero-order valence-corrected chi connectivity index (χ0v) is 15.1. The number of hydrogen-bond donors (Lipinski definition) is 1. The molecule has 3 aliphatic rings. The van der Waals surface area contributed by atoms with Crippen molar-refractivity contribution >= 4 is 23.2 Å². The maximum Gasteiger partial charge on any atom is 0.416 e. The highest BCUT2D eigenvalue weighted by molar-refractivity contribution is 7.13. The summed E-state index contributed by atoms with van der Waals surface area (Å²) in [6.45, 7) is 2.81. The molecule has 1 aromatic heterocycles. The van der Waals surface area contributed by atoms with Crippen molar-refractivity contribution in [1.29, 1.82) is 0 Å². The van der Waals surface area contributed by atoms with Gasteiger partial charge in [-0.25, -0.2) is 9.78 Å². The van der Waals surface area contributed by atoms with Crippen LogP contribution in [-0.4, -0.2) is 41.7 Å². The van der Waals surface area contributed by atoms with Gasteiger partial charge >= 0.3 is 12.3 Å². The molecule has 27 heavy (non-hydrogen) atoms. The number of nitrogens with one attached hydrogen (secondary N) is 1. The lowest BCUT2D eigenvalue weighted by atomic mass is 9.86. The minimum Gasteiger partial charge on any atom is -0.444 e. The Bertz CT molecular complexity index is 831. The van der Waals surface area contributed by atoms with Crippen LogP contribution in [0, 0.1) is 5.92 Å². The van der Waals surface area contributed by atoms with Gasteiger partial charge in [0.1, 0.15) is 6.10 Å². The summed E-state index contributed by atoms with van der Waals surface area (Å²) in [5.74, 6) is 0.588. The Hall–Kier alpha value is -2.13. The van der Waals surface area contributed by atoms with Gasteiger partial charge in [-0.15, -0.1) is 11.3 Å². The number of carbonyl (C=O) groups excluding carboxylic acids is 1. The van der Waals surface area contributed by atoms with Crippen molar-refractivity contribution in [3.05, 3.63) is 35.3 Å². The maximum absolute atomic E-state index is 12.9. The number of nitrogens with zero attached hydrogens (tertiary/aromatic N) is 2. The highest BCUT2D eigenvalue weighted by atomic mass is 32.1. The van der Waals surface area contributed by atoms with E-state index in [0.29, 0.717) is 16.4 Å². The first-order valence-corrected chi connectivity index (χ1v) is 9.59. The molecule has 2 bridgehead atoms. The van der Waals surface area contributed by atoms with E-state index >= 15 is 0 Å². The third kappa shape index (κ3) is 3.93. The number of alkyl halides is 3. The third-order valence-corrected chi connectivity index (χ3v) is 5.97. The lowest BCUT2D eigenvalue weighted by Gasteiger charge is -2.43. The molecule has 1 amide bonds. The number of rotatable bonds is 3. The number of anilines is 1. The fourth-order valence-electron chi connectivity index (χ4n) is 3.68. The Morgan fingerprint density at radius 3 is 2.74 bits per heavy atom. The molecule has 9 heteroatoms. The SMILES string of the molecule is O=C(Nc1ncsc1-c1cccc(C(F)(F)F)c1)O[C@H]1CN2CCC1CC2. The molecule has 1 atom stereocenters. The van der Waals surface area contributed by atoms with Crippen molar-refractivity contribution in [2.45, 2.75) is 25.1 Å². The molecule has 5 nitrogen and oxygen atoms in total. The Balaban J connectivity index is 1.47. The number of amides is 1. The number of carbonyl (C=O) groups is 1. The van der Waals surface area contributed by atoms with Gasteiger partial charge in [0.2, 0.25) is 0 Å². The van der Waals surface area contributed by atoms with Crippen LogP contribution in [0.15, 0.2) is 29.8 Å². The van der Waals surface area contributed by atoms with E-state index in [4.69, 9.17) is 4.74 Å². The standard InChI is InChI=1S/C18H18F3N3O2S/c19-18(20,21)13-3-1-2-12(8-13)15-16(22-10-27-15)23-17(25)26-14-9-24-6-4-11(14)5-7-24/h1-3,8,10-11,14H,4-7,9H2,(H,23,25)/t14-/m0/s1. The van der Waals surface area contributed by atoms with Gasteiger partial charge in [0, 0.05) is 6.54 Å². The number of ether oxygens (including phenoxy) is 1. The van der Waals surface area contributed by atoms with Crippen LogP contribution in [-0.2, 0) is 10.9 Å². The second-order valence-corrected chi connectivity index (χ2v) is 7.67. The number of aromatic nitrogens is 1. The van der Waals surface area contributed by atoms with Crippen molar-refractivity contribution in [2.24, 2.45) is 5.92 Å². The van der Waals surface area contributed by atoms with Crippen LogP contribution < -0.4 is 5.32 Å². The molecule has 3 aliphatic heterocycles. The quantitative estimate of drug-likeness (QED) is 0.830. The van der Waals surface area contributed by atoms with Gasteiger partial charge in [-0.2, -0.15) is 13.2 Å². The fourth-order valence-corrected chi connectivity index (χ4v) is 4.43. The highest BCUT2D eigenvalue weighted by Crippen LogP contribution is 2.36. The Morgan fingerprint density at radius 2 is 2.07 bits per heavy atom. The molecular weight excluding hydrogens is 379 g/mol. The van der Waals surface area contributed by atoms with Gasteiger partial charge in [-0.05, 0) is 49.5 Å². The largest absolute Gasteiger partial charge is 0.444 e. The predicted molar refractivity (Wildman–Crippen MR) is 95.6 cm³/mol. The van der Waals surface area contributed by atoms with Crippen LogP contribution in [0.1, 0.15) is 18.4 Å². The maximum atomic E-state index is 12.9. The summed E-state index contributed by atoms with van der Waals surface area (Å²) in [4.78, 5) is 19.1. The first-order valence-electron chi connectivity index (χ1n) is 8.71. The first kappa shape index (κ1) is 18.2. The third-order valence-electron chi connectivity index (χ3n) is 5.09. The van der Waals surface area contributed by atoms with Crippen LogP contribution in [0.2, 0.25) is 0 Å². The summed E-state index contributed by atoms with van der Waals surface area (Å²) in [6.07, 6.45) is -3.16. The number of fused-ring (bicyclic) bond motifs is 3. The van der Waals surface area contributed by atoms with Crippen molar-refractivity contribution in [2.75, 3.05) is 25.0 Å². The second-order valence-electron chi connectivity index (χ2n) is 6.82. The predicted octanol–water partition coefficient (Wildman–Crippen LogP) is 4.47. The van der Waals surface area contributed by atoms with Crippen LogP contribution >= 0.6 is 11.3 Å². The molecule has 1 N–H and O–H groups in total. The van der Waals surface area contributed by atoms with Gasteiger partial charge < -0.3 is 4.74 Å². The first-order chi connectivity index (χ1) is 12.9. The summed E-state index contributed by atoms with van der Waals surface area (Å²) < 4.78 is 44.4. The molecule has 0 aliphatic carbocycles. The molecule has 144 valence electrons. The van der Waals surface area contributed by atoms with Crippen LogP contribution in [0.3, 0.4) is 0 Å². The molecular formula is C18H18F3N3O2S. The van der Waals surface area contributed by atoms with Gasteiger partial charge in [0.15, 0.2) is 5.82 Å². The highest BCUT2D eigenvalue weighted by Gasteiger charge is 2.36. The van der Waals surface area contributed by atoms with Gasteiger partial charge in [0.25, 0.3) is 0 Å². The van der Waals surface area contributed by atoms with Crippen LogP contribution in [0.4, 0.5) is 23.8 Å². The van der Waals surface area contributed by atoms with E-state index in [1.807, 2.05) is 0 Å². The molecule has 2 aromatic rings. The molecule has 0 spiro atoms. The summed E-state index contributed by atoms with van der Waals surface area (Å²) in [7, 11) is 0. The minimum absolute atomic E-state index is 0.150. The number of halogens is 3. The molecule has 5 rings (SSSR count). The minimum atomic E-state index is -4.43. The average Bonchev–Trinajstić information content (AvgIpc) is 3.10. The summed E-state index contributed by atoms with van der Waals surface area (Å²) >= 11 is 1.17. The van der Waals surface area contributed by atoms with Crippen LogP contribution in [0.5, 0.6) is 0 Å².